The molecule has 4 aromatic rings. The standard InChI is InChI=1S/C22H18N4O3/c27-19(14-26-22(29)17-11-5-4-10-16(17)21(28)25-26)24-20(15-8-2-1-3-9-15)18-12-6-7-13-23-18/h1-13,20H,14H2,(H,24,27)(H,25,28). The lowest BCUT2D eigenvalue weighted by Gasteiger charge is -2.19. The van der Waals surface area contributed by atoms with Crippen molar-refractivity contribution in [2.45, 2.75) is 12.6 Å². The van der Waals surface area contributed by atoms with E-state index in [4.69, 9.17) is 0 Å². The minimum Gasteiger partial charge on any atom is -0.342 e. The maximum atomic E-state index is 12.7. The number of benzene rings is 2. The highest BCUT2D eigenvalue weighted by molar-refractivity contribution is 5.81. The summed E-state index contributed by atoms with van der Waals surface area (Å²) in [7, 11) is 0. The summed E-state index contributed by atoms with van der Waals surface area (Å²) in [4.78, 5) is 42.0. The maximum Gasteiger partial charge on any atom is 0.273 e. The van der Waals surface area contributed by atoms with E-state index in [9.17, 15) is 14.4 Å². The third-order valence-corrected chi connectivity index (χ3v) is 4.61. The van der Waals surface area contributed by atoms with Crippen LogP contribution in [0, 0.1) is 0 Å². The van der Waals surface area contributed by atoms with Crippen molar-refractivity contribution in [2.75, 3.05) is 0 Å². The Labute approximate surface area is 165 Å². The molecule has 1 amide bonds. The molecule has 0 saturated carbocycles. The zero-order chi connectivity index (χ0) is 20.2. The van der Waals surface area contributed by atoms with Gasteiger partial charge < -0.3 is 5.32 Å². The summed E-state index contributed by atoms with van der Waals surface area (Å²) in [5.41, 5.74) is 0.687. The number of aromatic nitrogens is 3. The van der Waals surface area contributed by atoms with Gasteiger partial charge in [0.15, 0.2) is 0 Å². The van der Waals surface area contributed by atoms with E-state index in [1.165, 1.54) is 0 Å². The number of carbonyl (C=O) groups is 1. The van der Waals surface area contributed by atoms with Gasteiger partial charge in [-0.2, -0.15) is 0 Å². The van der Waals surface area contributed by atoms with Crippen LogP contribution in [0.2, 0.25) is 0 Å². The number of H-pyrrole nitrogens is 1. The summed E-state index contributed by atoms with van der Waals surface area (Å²) >= 11 is 0. The first-order chi connectivity index (χ1) is 14.1. The summed E-state index contributed by atoms with van der Waals surface area (Å²) in [6.07, 6.45) is 1.66. The van der Waals surface area contributed by atoms with Crippen LogP contribution in [0.5, 0.6) is 0 Å². The molecule has 0 saturated heterocycles. The quantitative estimate of drug-likeness (QED) is 0.548. The smallest absolute Gasteiger partial charge is 0.273 e. The molecule has 7 heteroatoms. The van der Waals surface area contributed by atoms with Crippen LogP contribution >= 0.6 is 0 Å². The van der Waals surface area contributed by atoms with E-state index in [1.54, 1.807) is 36.5 Å². The Hall–Kier alpha value is -4.00. The van der Waals surface area contributed by atoms with Gasteiger partial charge in [0, 0.05) is 6.20 Å². The molecule has 0 aliphatic heterocycles. The summed E-state index contributed by atoms with van der Waals surface area (Å²) in [5, 5.41) is 5.95. The van der Waals surface area contributed by atoms with Crippen LogP contribution in [0.1, 0.15) is 17.3 Å². The fourth-order valence-corrected chi connectivity index (χ4v) is 3.23. The third-order valence-electron chi connectivity index (χ3n) is 4.61. The van der Waals surface area contributed by atoms with Crippen molar-refractivity contribution in [1.82, 2.24) is 20.1 Å². The summed E-state index contributed by atoms with van der Waals surface area (Å²) in [6, 6.07) is 20.9. The number of aromatic amines is 1. The molecular weight excluding hydrogens is 368 g/mol. The van der Waals surface area contributed by atoms with Gasteiger partial charge in [-0.1, -0.05) is 48.5 Å². The highest BCUT2D eigenvalue weighted by Crippen LogP contribution is 2.19. The lowest BCUT2D eigenvalue weighted by Crippen LogP contribution is -2.38. The topological polar surface area (TPSA) is 96.9 Å². The Morgan fingerprint density at radius 3 is 2.34 bits per heavy atom. The number of hydrogen-bond acceptors (Lipinski definition) is 4. The Bertz CT molecular complexity index is 1220. The van der Waals surface area contributed by atoms with Gasteiger partial charge in [0.2, 0.25) is 5.91 Å². The van der Waals surface area contributed by atoms with Gasteiger partial charge in [0.25, 0.3) is 11.1 Å². The van der Waals surface area contributed by atoms with E-state index in [0.717, 1.165) is 10.2 Å². The van der Waals surface area contributed by atoms with Crippen molar-refractivity contribution < 1.29 is 4.79 Å². The van der Waals surface area contributed by atoms with Crippen LogP contribution in [-0.4, -0.2) is 20.7 Å². The van der Waals surface area contributed by atoms with Crippen molar-refractivity contribution in [1.29, 1.82) is 0 Å². The molecule has 144 valence electrons. The van der Waals surface area contributed by atoms with Crippen molar-refractivity contribution >= 4 is 16.7 Å². The van der Waals surface area contributed by atoms with Gasteiger partial charge in [-0.15, -0.1) is 0 Å². The monoisotopic (exact) mass is 386 g/mol. The number of nitrogens with one attached hydrogen (secondary N) is 2. The lowest BCUT2D eigenvalue weighted by molar-refractivity contribution is -0.122. The number of rotatable bonds is 5. The van der Waals surface area contributed by atoms with E-state index < -0.39 is 23.1 Å². The van der Waals surface area contributed by atoms with Gasteiger partial charge in [-0.3, -0.25) is 24.5 Å². The minimum atomic E-state index is -0.479. The molecule has 0 bridgehead atoms. The Morgan fingerprint density at radius 1 is 0.931 bits per heavy atom. The molecule has 2 aromatic carbocycles. The van der Waals surface area contributed by atoms with E-state index in [2.05, 4.69) is 15.4 Å². The predicted molar refractivity (Wildman–Crippen MR) is 109 cm³/mol. The van der Waals surface area contributed by atoms with Crippen LogP contribution in [0.3, 0.4) is 0 Å². The highest BCUT2D eigenvalue weighted by Gasteiger charge is 2.19. The largest absolute Gasteiger partial charge is 0.342 e. The molecule has 2 heterocycles. The normalized spacial score (nSPS) is 11.9. The molecule has 0 radical (unpaired) electrons. The fourth-order valence-electron chi connectivity index (χ4n) is 3.23. The molecule has 2 aromatic heterocycles. The lowest BCUT2D eigenvalue weighted by atomic mass is 10.0. The zero-order valence-electron chi connectivity index (χ0n) is 15.4. The molecule has 0 aliphatic carbocycles. The summed E-state index contributed by atoms with van der Waals surface area (Å²) < 4.78 is 1.03. The van der Waals surface area contributed by atoms with Crippen molar-refractivity contribution in [3.63, 3.8) is 0 Å². The first-order valence-electron chi connectivity index (χ1n) is 9.10. The molecule has 29 heavy (non-hydrogen) atoms. The highest BCUT2D eigenvalue weighted by atomic mass is 16.2. The minimum absolute atomic E-state index is 0.272. The molecular formula is C22H18N4O3. The first kappa shape index (κ1) is 18.4. The number of amides is 1. The van der Waals surface area contributed by atoms with Gasteiger partial charge >= 0.3 is 0 Å². The van der Waals surface area contributed by atoms with Gasteiger partial charge in [-0.25, -0.2) is 4.68 Å². The van der Waals surface area contributed by atoms with Crippen LogP contribution in [0.25, 0.3) is 10.8 Å². The summed E-state index contributed by atoms with van der Waals surface area (Å²) in [6.45, 7) is -0.310. The summed E-state index contributed by atoms with van der Waals surface area (Å²) in [5.74, 6) is -0.419. The van der Waals surface area contributed by atoms with Gasteiger partial charge in [0.1, 0.15) is 6.54 Å². The number of fused-ring (bicyclic) bond motifs is 1. The molecule has 1 unspecified atom stereocenters. The average molecular weight is 386 g/mol. The Morgan fingerprint density at radius 2 is 1.62 bits per heavy atom. The zero-order valence-corrected chi connectivity index (χ0v) is 15.4. The van der Waals surface area contributed by atoms with E-state index >= 15 is 0 Å². The van der Waals surface area contributed by atoms with Crippen molar-refractivity contribution in [3.05, 3.63) is 111 Å². The molecule has 0 fully saturated rings. The Kier molecular flexibility index (Phi) is 5.03. The second-order valence-corrected chi connectivity index (χ2v) is 6.54. The predicted octanol–water partition coefficient (Wildman–Crippen LogP) is 1.99. The first-order valence-corrected chi connectivity index (χ1v) is 9.10. The molecule has 4 rings (SSSR count). The second kappa shape index (κ2) is 7.93. The van der Waals surface area contributed by atoms with Crippen LogP contribution in [0.15, 0.2) is 88.6 Å². The molecule has 0 spiro atoms. The molecule has 0 aliphatic rings. The maximum absolute atomic E-state index is 12.7. The average Bonchev–Trinajstić information content (AvgIpc) is 2.77. The third kappa shape index (κ3) is 3.84. The van der Waals surface area contributed by atoms with E-state index in [0.29, 0.717) is 11.1 Å². The Balaban J connectivity index is 1.64. The van der Waals surface area contributed by atoms with Crippen LogP contribution in [0.4, 0.5) is 0 Å². The van der Waals surface area contributed by atoms with Crippen LogP contribution < -0.4 is 16.4 Å². The number of nitrogens with zero attached hydrogens (tertiary/aromatic N) is 2. The van der Waals surface area contributed by atoms with Crippen molar-refractivity contribution in [2.24, 2.45) is 0 Å². The van der Waals surface area contributed by atoms with Gasteiger partial charge in [-0.05, 0) is 29.8 Å². The SMILES string of the molecule is O=C(Cn1[nH]c(=O)c2ccccc2c1=O)NC(c1ccccc1)c1ccccn1. The van der Waals surface area contributed by atoms with Crippen molar-refractivity contribution in [3.8, 4) is 0 Å². The molecule has 1 atom stereocenters. The second-order valence-electron chi connectivity index (χ2n) is 6.54. The number of carbonyl (C=O) groups excluding carboxylic acids is 1. The van der Waals surface area contributed by atoms with E-state index in [-0.39, 0.29) is 11.9 Å². The number of hydrogen-bond donors (Lipinski definition) is 2. The van der Waals surface area contributed by atoms with Crippen LogP contribution in [-0.2, 0) is 11.3 Å². The van der Waals surface area contributed by atoms with E-state index in [1.807, 2.05) is 42.5 Å². The number of pyridine rings is 1. The fraction of sp³-hybridized carbons (Fsp3) is 0.0909. The van der Waals surface area contributed by atoms with Gasteiger partial charge in [0.05, 0.1) is 22.5 Å². The molecule has 7 nitrogen and oxygen atoms in total. The molecule has 2 N–H and O–H groups in total.